The zero-order valence-electron chi connectivity index (χ0n) is 17.6. The van der Waals surface area contributed by atoms with E-state index in [0.29, 0.717) is 38.2 Å². The standard InChI is InChI=1S/C24H23F2N3O3/c1-32-19-5-2-17(3-6-19)22-8-9-23(30)29(27-22)15-16-10-12-28(13-11-16)24(31)18-4-7-20(25)21(26)14-18/h2-9,14,16H,10-13,15H2,1H3. The summed E-state index contributed by atoms with van der Waals surface area (Å²) in [5, 5.41) is 4.52. The first kappa shape index (κ1) is 21.7. The van der Waals surface area contributed by atoms with E-state index in [-0.39, 0.29) is 22.9 Å². The number of carbonyl (C=O) groups excluding carboxylic acids is 1. The highest BCUT2D eigenvalue weighted by molar-refractivity contribution is 5.94. The molecule has 166 valence electrons. The number of rotatable bonds is 5. The van der Waals surface area contributed by atoms with Gasteiger partial charge in [0.25, 0.3) is 11.5 Å². The zero-order valence-corrected chi connectivity index (χ0v) is 17.6. The van der Waals surface area contributed by atoms with E-state index in [4.69, 9.17) is 4.74 Å². The van der Waals surface area contributed by atoms with Crippen molar-refractivity contribution in [2.75, 3.05) is 20.2 Å². The number of nitrogens with zero attached hydrogens (tertiary/aromatic N) is 3. The summed E-state index contributed by atoms with van der Waals surface area (Å²) in [4.78, 5) is 26.6. The van der Waals surface area contributed by atoms with Crippen LogP contribution in [0, 0.1) is 17.6 Å². The first-order chi connectivity index (χ1) is 15.4. The summed E-state index contributed by atoms with van der Waals surface area (Å²) < 4.78 is 33.2. The van der Waals surface area contributed by atoms with Gasteiger partial charge in [-0.05, 0) is 67.3 Å². The SMILES string of the molecule is COc1ccc(-c2ccc(=O)n(CC3CCN(C(=O)c4ccc(F)c(F)c4)CC3)n2)cc1. The van der Waals surface area contributed by atoms with Gasteiger partial charge in [0.2, 0.25) is 0 Å². The molecule has 2 heterocycles. The van der Waals surface area contributed by atoms with Gasteiger partial charge in [0.1, 0.15) is 5.75 Å². The third-order valence-electron chi connectivity index (χ3n) is 5.75. The minimum atomic E-state index is -1.03. The molecule has 1 aliphatic rings. The minimum Gasteiger partial charge on any atom is -0.497 e. The summed E-state index contributed by atoms with van der Waals surface area (Å²) in [5.41, 5.74) is 1.53. The quantitative estimate of drug-likeness (QED) is 0.608. The van der Waals surface area contributed by atoms with E-state index < -0.39 is 11.6 Å². The fraction of sp³-hybridized carbons (Fsp3) is 0.292. The highest BCUT2D eigenvalue weighted by Gasteiger charge is 2.25. The maximum absolute atomic E-state index is 13.5. The van der Waals surface area contributed by atoms with Gasteiger partial charge in [-0.3, -0.25) is 9.59 Å². The third kappa shape index (κ3) is 4.69. The van der Waals surface area contributed by atoms with Gasteiger partial charge in [-0.2, -0.15) is 5.10 Å². The van der Waals surface area contributed by atoms with Crippen molar-refractivity contribution in [2.45, 2.75) is 19.4 Å². The molecule has 0 spiro atoms. The number of likely N-dealkylation sites (tertiary alicyclic amines) is 1. The number of hydrogen-bond acceptors (Lipinski definition) is 4. The highest BCUT2D eigenvalue weighted by atomic mass is 19.2. The molecule has 1 aliphatic heterocycles. The predicted molar refractivity (Wildman–Crippen MR) is 115 cm³/mol. The lowest BCUT2D eigenvalue weighted by atomic mass is 9.96. The van der Waals surface area contributed by atoms with E-state index >= 15 is 0 Å². The number of piperidine rings is 1. The van der Waals surface area contributed by atoms with E-state index in [1.807, 2.05) is 24.3 Å². The number of ether oxygens (including phenoxy) is 1. The Morgan fingerprint density at radius 3 is 2.41 bits per heavy atom. The summed E-state index contributed by atoms with van der Waals surface area (Å²) >= 11 is 0. The van der Waals surface area contributed by atoms with Crippen LogP contribution in [0.5, 0.6) is 5.75 Å². The molecule has 1 fully saturated rings. The molecule has 0 aliphatic carbocycles. The fourth-order valence-electron chi connectivity index (χ4n) is 3.87. The van der Waals surface area contributed by atoms with Gasteiger partial charge in [0.15, 0.2) is 11.6 Å². The molecule has 0 radical (unpaired) electrons. The van der Waals surface area contributed by atoms with E-state index in [1.165, 1.54) is 16.8 Å². The van der Waals surface area contributed by atoms with Gasteiger partial charge in [-0.1, -0.05) is 0 Å². The lowest BCUT2D eigenvalue weighted by Gasteiger charge is -2.32. The normalized spacial score (nSPS) is 14.4. The van der Waals surface area contributed by atoms with Crippen molar-refractivity contribution in [3.63, 3.8) is 0 Å². The van der Waals surface area contributed by atoms with Crippen LogP contribution in [0.15, 0.2) is 59.4 Å². The average molecular weight is 439 g/mol. The van der Waals surface area contributed by atoms with Crippen LogP contribution in [0.1, 0.15) is 23.2 Å². The molecular formula is C24H23F2N3O3. The lowest BCUT2D eigenvalue weighted by Crippen LogP contribution is -2.40. The van der Waals surface area contributed by atoms with Gasteiger partial charge >= 0.3 is 0 Å². The second-order valence-corrected chi connectivity index (χ2v) is 7.83. The molecule has 0 atom stereocenters. The Morgan fingerprint density at radius 2 is 1.75 bits per heavy atom. The van der Waals surface area contributed by atoms with Crippen molar-refractivity contribution >= 4 is 5.91 Å². The number of benzene rings is 2. The Morgan fingerprint density at radius 1 is 1.03 bits per heavy atom. The van der Waals surface area contributed by atoms with Gasteiger partial charge in [-0.15, -0.1) is 0 Å². The van der Waals surface area contributed by atoms with Crippen molar-refractivity contribution < 1.29 is 18.3 Å². The highest BCUT2D eigenvalue weighted by Crippen LogP contribution is 2.22. The summed E-state index contributed by atoms with van der Waals surface area (Å²) in [6.45, 7) is 1.42. The van der Waals surface area contributed by atoms with Gasteiger partial charge in [0, 0.05) is 36.8 Å². The zero-order chi connectivity index (χ0) is 22.7. The van der Waals surface area contributed by atoms with E-state index in [0.717, 1.165) is 23.4 Å². The molecule has 1 saturated heterocycles. The van der Waals surface area contributed by atoms with Crippen LogP contribution >= 0.6 is 0 Å². The summed E-state index contributed by atoms with van der Waals surface area (Å²) in [5.74, 6) is -1.41. The van der Waals surface area contributed by atoms with Crippen LogP contribution in [0.4, 0.5) is 8.78 Å². The molecule has 3 aromatic rings. The fourth-order valence-corrected chi connectivity index (χ4v) is 3.87. The largest absolute Gasteiger partial charge is 0.497 e. The summed E-state index contributed by atoms with van der Waals surface area (Å²) in [6, 6.07) is 13.8. The second kappa shape index (κ2) is 9.30. The second-order valence-electron chi connectivity index (χ2n) is 7.83. The predicted octanol–water partition coefficient (Wildman–Crippen LogP) is 3.75. The van der Waals surface area contributed by atoms with Crippen molar-refractivity contribution in [2.24, 2.45) is 5.92 Å². The molecule has 1 amide bonds. The van der Waals surface area contributed by atoms with Crippen LogP contribution in [0.2, 0.25) is 0 Å². The Balaban J connectivity index is 1.41. The average Bonchev–Trinajstić information content (AvgIpc) is 2.82. The molecule has 0 unspecified atom stereocenters. The number of aromatic nitrogens is 2. The Labute approximate surface area is 184 Å². The van der Waals surface area contributed by atoms with E-state index in [9.17, 15) is 18.4 Å². The molecule has 32 heavy (non-hydrogen) atoms. The summed E-state index contributed by atoms with van der Waals surface area (Å²) in [7, 11) is 1.60. The van der Waals surface area contributed by atoms with Crippen LogP contribution in [0.25, 0.3) is 11.3 Å². The van der Waals surface area contributed by atoms with Crippen LogP contribution < -0.4 is 10.3 Å². The maximum atomic E-state index is 13.5. The van der Waals surface area contributed by atoms with Crippen molar-refractivity contribution in [3.05, 3.63) is 82.1 Å². The number of halogens is 2. The molecular weight excluding hydrogens is 416 g/mol. The first-order valence-electron chi connectivity index (χ1n) is 10.4. The third-order valence-corrected chi connectivity index (χ3v) is 5.75. The minimum absolute atomic E-state index is 0.132. The molecule has 4 rings (SSSR count). The molecule has 0 bridgehead atoms. The molecule has 6 nitrogen and oxygen atoms in total. The molecule has 2 aromatic carbocycles. The maximum Gasteiger partial charge on any atom is 0.266 e. The monoisotopic (exact) mass is 439 g/mol. The van der Waals surface area contributed by atoms with Gasteiger partial charge < -0.3 is 9.64 Å². The van der Waals surface area contributed by atoms with Crippen LogP contribution in [-0.4, -0.2) is 40.8 Å². The van der Waals surface area contributed by atoms with Gasteiger partial charge in [0.05, 0.1) is 12.8 Å². The molecule has 0 saturated carbocycles. The number of carbonyl (C=O) groups is 1. The summed E-state index contributed by atoms with van der Waals surface area (Å²) in [6.07, 6.45) is 1.38. The number of methoxy groups -OCH3 is 1. The Kier molecular flexibility index (Phi) is 6.30. The molecule has 1 aromatic heterocycles. The molecule has 8 heteroatoms. The van der Waals surface area contributed by atoms with Crippen molar-refractivity contribution in [3.8, 4) is 17.0 Å². The number of hydrogen-bond donors (Lipinski definition) is 0. The lowest BCUT2D eigenvalue weighted by molar-refractivity contribution is 0.0680. The van der Waals surface area contributed by atoms with Crippen molar-refractivity contribution in [1.29, 1.82) is 0 Å². The first-order valence-corrected chi connectivity index (χ1v) is 10.4. The Bertz CT molecular complexity index is 1170. The van der Waals surface area contributed by atoms with E-state index in [2.05, 4.69) is 5.10 Å². The number of amides is 1. The van der Waals surface area contributed by atoms with Crippen LogP contribution in [0.3, 0.4) is 0 Å². The smallest absolute Gasteiger partial charge is 0.266 e. The van der Waals surface area contributed by atoms with E-state index in [1.54, 1.807) is 18.1 Å². The Hall–Kier alpha value is -3.55. The van der Waals surface area contributed by atoms with Crippen LogP contribution in [-0.2, 0) is 6.54 Å². The van der Waals surface area contributed by atoms with Gasteiger partial charge in [-0.25, -0.2) is 13.5 Å². The molecule has 0 N–H and O–H groups in total. The van der Waals surface area contributed by atoms with Crippen molar-refractivity contribution in [1.82, 2.24) is 14.7 Å². The topological polar surface area (TPSA) is 64.4 Å².